The molecule has 0 aliphatic heterocycles. The van der Waals surface area contributed by atoms with Gasteiger partial charge in [-0.15, -0.1) is 11.8 Å². The first-order valence-corrected chi connectivity index (χ1v) is 8.16. The predicted molar refractivity (Wildman–Crippen MR) is 93.8 cm³/mol. The number of carbonyl (C=O) groups is 1. The molecule has 0 fully saturated rings. The predicted octanol–water partition coefficient (Wildman–Crippen LogP) is 4.54. The monoisotopic (exact) mass is 311 g/mol. The molecule has 2 N–H and O–H groups in total. The summed E-state index contributed by atoms with van der Waals surface area (Å²) in [6.45, 7) is 0. The van der Waals surface area contributed by atoms with Crippen molar-refractivity contribution in [3.63, 3.8) is 0 Å². The summed E-state index contributed by atoms with van der Waals surface area (Å²) in [4.78, 5) is 13.3. The highest BCUT2D eigenvalue weighted by molar-refractivity contribution is 7.98. The highest BCUT2D eigenvalue weighted by Crippen LogP contribution is 2.27. The zero-order valence-corrected chi connectivity index (χ0v) is 13.3. The molecule has 0 atom stereocenters. The number of anilines is 2. The van der Waals surface area contributed by atoms with Crippen LogP contribution in [0.1, 0.15) is 0 Å². The standard InChI is InChI=1S/C17H17N3OS/c1-20-11-14(12-7-3-5-9-15(12)20)19-17(21)18-13-8-4-6-10-16(13)22-2/h3-11H,1-2H3,(H2,18,19,21). The molecule has 0 aliphatic carbocycles. The fourth-order valence-corrected chi connectivity index (χ4v) is 3.02. The number of fused-ring (bicyclic) bond motifs is 1. The number of para-hydroxylation sites is 2. The molecule has 1 heterocycles. The zero-order valence-electron chi connectivity index (χ0n) is 12.5. The van der Waals surface area contributed by atoms with E-state index in [9.17, 15) is 4.79 Å². The first-order chi connectivity index (χ1) is 10.7. The Morgan fingerprint density at radius 3 is 2.50 bits per heavy atom. The number of benzene rings is 2. The molecule has 5 heteroatoms. The van der Waals surface area contributed by atoms with Crippen molar-refractivity contribution in [1.82, 2.24) is 4.57 Å². The molecule has 4 nitrogen and oxygen atoms in total. The number of amides is 2. The van der Waals surface area contributed by atoms with Crippen LogP contribution in [-0.2, 0) is 7.05 Å². The van der Waals surface area contributed by atoms with E-state index in [4.69, 9.17) is 0 Å². The van der Waals surface area contributed by atoms with Crippen molar-refractivity contribution in [2.75, 3.05) is 16.9 Å². The number of aryl methyl sites for hydroxylation is 1. The summed E-state index contributed by atoms with van der Waals surface area (Å²) in [6.07, 6.45) is 3.91. The molecule has 0 unspecified atom stereocenters. The lowest BCUT2D eigenvalue weighted by atomic mass is 10.2. The van der Waals surface area contributed by atoms with Crippen molar-refractivity contribution in [3.05, 3.63) is 54.7 Å². The smallest absolute Gasteiger partial charge is 0.323 e. The van der Waals surface area contributed by atoms with Gasteiger partial charge in [-0.2, -0.15) is 0 Å². The Balaban J connectivity index is 1.82. The summed E-state index contributed by atoms with van der Waals surface area (Å²) in [5.41, 5.74) is 2.70. The second kappa shape index (κ2) is 6.15. The fourth-order valence-electron chi connectivity index (χ4n) is 2.47. The Kier molecular flexibility index (Phi) is 4.06. The summed E-state index contributed by atoms with van der Waals surface area (Å²) in [6, 6.07) is 15.5. The number of nitrogens with one attached hydrogen (secondary N) is 2. The zero-order chi connectivity index (χ0) is 15.5. The summed E-state index contributed by atoms with van der Waals surface area (Å²) in [5, 5.41) is 6.86. The summed E-state index contributed by atoms with van der Waals surface area (Å²) in [5.74, 6) is 0. The van der Waals surface area contributed by atoms with Crippen LogP contribution in [0.4, 0.5) is 16.2 Å². The topological polar surface area (TPSA) is 46.1 Å². The molecular formula is C17H17N3OS. The molecule has 3 rings (SSSR count). The number of nitrogens with zero attached hydrogens (tertiary/aromatic N) is 1. The molecule has 0 radical (unpaired) electrons. The molecule has 1 aromatic heterocycles. The van der Waals surface area contributed by atoms with E-state index in [2.05, 4.69) is 10.6 Å². The maximum absolute atomic E-state index is 12.3. The number of carbonyl (C=O) groups excluding carboxylic acids is 1. The Bertz CT molecular complexity index is 826. The highest BCUT2D eigenvalue weighted by Gasteiger charge is 2.10. The number of aromatic nitrogens is 1. The van der Waals surface area contributed by atoms with Crippen molar-refractivity contribution < 1.29 is 4.79 Å². The van der Waals surface area contributed by atoms with Crippen molar-refractivity contribution in [1.29, 1.82) is 0 Å². The number of hydrogen-bond acceptors (Lipinski definition) is 2. The van der Waals surface area contributed by atoms with E-state index < -0.39 is 0 Å². The van der Waals surface area contributed by atoms with Gasteiger partial charge in [0.05, 0.1) is 11.4 Å². The average molecular weight is 311 g/mol. The quantitative estimate of drug-likeness (QED) is 0.697. The summed E-state index contributed by atoms with van der Waals surface area (Å²) >= 11 is 1.60. The minimum Gasteiger partial charge on any atom is -0.348 e. The van der Waals surface area contributed by atoms with E-state index in [0.29, 0.717) is 0 Å². The van der Waals surface area contributed by atoms with Gasteiger partial charge in [0, 0.05) is 29.0 Å². The molecule has 2 amide bonds. The Morgan fingerprint density at radius 1 is 1.00 bits per heavy atom. The number of urea groups is 1. The molecule has 2 aromatic carbocycles. The highest BCUT2D eigenvalue weighted by atomic mass is 32.2. The van der Waals surface area contributed by atoms with Gasteiger partial charge in [0.15, 0.2) is 0 Å². The lowest BCUT2D eigenvalue weighted by Crippen LogP contribution is -2.19. The molecule has 0 bridgehead atoms. The van der Waals surface area contributed by atoms with Crippen LogP contribution in [0.5, 0.6) is 0 Å². The van der Waals surface area contributed by atoms with E-state index in [1.807, 2.05) is 72.6 Å². The maximum atomic E-state index is 12.3. The van der Waals surface area contributed by atoms with Gasteiger partial charge in [0.1, 0.15) is 0 Å². The van der Waals surface area contributed by atoms with E-state index in [-0.39, 0.29) is 6.03 Å². The minimum atomic E-state index is -0.238. The van der Waals surface area contributed by atoms with Crippen LogP contribution in [0.3, 0.4) is 0 Å². The first kappa shape index (κ1) is 14.5. The van der Waals surface area contributed by atoms with E-state index in [1.165, 1.54) is 0 Å². The van der Waals surface area contributed by atoms with Gasteiger partial charge < -0.3 is 15.2 Å². The minimum absolute atomic E-state index is 0.238. The third-order valence-electron chi connectivity index (χ3n) is 3.50. The molecule has 0 aliphatic rings. The number of hydrogen-bond donors (Lipinski definition) is 2. The van der Waals surface area contributed by atoms with Gasteiger partial charge in [-0.3, -0.25) is 0 Å². The van der Waals surface area contributed by atoms with E-state index in [0.717, 1.165) is 27.2 Å². The van der Waals surface area contributed by atoms with Gasteiger partial charge >= 0.3 is 6.03 Å². The van der Waals surface area contributed by atoms with Crippen LogP contribution in [0.2, 0.25) is 0 Å². The van der Waals surface area contributed by atoms with Crippen LogP contribution in [0.25, 0.3) is 10.9 Å². The third-order valence-corrected chi connectivity index (χ3v) is 4.30. The maximum Gasteiger partial charge on any atom is 0.323 e. The second-order valence-corrected chi connectivity index (χ2v) is 5.80. The summed E-state index contributed by atoms with van der Waals surface area (Å²) in [7, 11) is 1.97. The average Bonchev–Trinajstić information content (AvgIpc) is 2.84. The van der Waals surface area contributed by atoms with Gasteiger partial charge in [-0.25, -0.2) is 4.79 Å². The van der Waals surface area contributed by atoms with E-state index in [1.54, 1.807) is 11.8 Å². The molecule has 112 valence electrons. The van der Waals surface area contributed by atoms with Crippen molar-refractivity contribution in [2.45, 2.75) is 4.90 Å². The van der Waals surface area contributed by atoms with Crippen LogP contribution in [0, 0.1) is 0 Å². The molecule has 0 spiro atoms. The normalized spacial score (nSPS) is 10.6. The lowest BCUT2D eigenvalue weighted by molar-refractivity contribution is 0.262. The Morgan fingerprint density at radius 2 is 1.68 bits per heavy atom. The van der Waals surface area contributed by atoms with Gasteiger partial charge in [-0.1, -0.05) is 30.3 Å². The number of thioether (sulfide) groups is 1. The fraction of sp³-hybridized carbons (Fsp3) is 0.118. The number of rotatable bonds is 3. The van der Waals surface area contributed by atoms with Crippen LogP contribution in [-0.4, -0.2) is 16.9 Å². The SMILES string of the molecule is CSc1ccccc1NC(=O)Nc1cn(C)c2ccccc12. The van der Waals surface area contributed by atoms with Crippen LogP contribution < -0.4 is 10.6 Å². The Hall–Kier alpha value is -2.40. The van der Waals surface area contributed by atoms with Gasteiger partial charge in [0.25, 0.3) is 0 Å². The van der Waals surface area contributed by atoms with Gasteiger partial charge in [0.2, 0.25) is 0 Å². The van der Waals surface area contributed by atoms with Crippen LogP contribution >= 0.6 is 11.8 Å². The first-order valence-electron chi connectivity index (χ1n) is 6.94. The van der Waals surface area contributed by atoms with Crippen LogP contribution in [0.15, 0.2) is 59.6 Å². The Labute approximate surface area is 133 Å². The van der Waals surface area contributed by atoms with Crippen molar-refractivity contribution >= 4 is 40.1 Å². The largest absolute Gasteiger partial charge is 0.348 e. The van der Waals surface area contributed by atoms with E-state index >= 15 is 0 Å². The van der Waals surface area contributed by atoms with Gasteiger partial charge in [-0.05, 0) is 24.5 Å². The third kappa shape index (κ3) is 2.80. The molecular weight excluding hydrogens is 294 g/mol. The molecule has 22 heavy (non-hydrogen) atoms. The lowest BCUT2D eigenvalue weighted by Gasteiger charge is -2.10. The van der Waals surface area contributed by atoms with Crippen molar-refractivity contribution in [2.24, 2.45) is 7.05 Å². The second-order valence-electron chi connectivity index (χ2n) is 4.95. The molecule has 0 saturated carbocycles. The molecule has 3 aromatic rings. The molecule has 0 saturated heterocycles. The summed E-state index contributed by atoms with van der Waals surface area (Å²) < 4.78 is 2.00. The van der Waals surface area contributed by atoms with Crippen molar-refractivity contribution in [3.8, 4) is 0 Å².